The SMILES string of the molecule is CC1CC(NC(=O)NC2CCCCC2C(=O)O)CCN1C. The normalized spacial score (nSPS) is 34.2. The van der Waals surface area contributed by atoms with Gasteiger partial charge in [0.2, 0.25) is 0 Å². The van der Waals surface area contributed by atoms with Crippen LogP contribution < -0.4 is 10.6 Å². The van der Waals surface area contributed by atoms with E-state index in [1.807, 2.05) is 0 Å². The van der Waals surface area contributed by atoms with Crippen LogP contribution in [0.25, 0.3) is 0 Å². The maximum atomic E-state index is 12.1. The predicted molar refractivity (Wildman–Crippen MR) is 80.2 cm³/mol. The summed E-state index contributed by atoms with van der Waals surface area (Å²) in [4.78, 5) is 25.6. The molecule has 1 saturated carbocycles. The van der Waals surface area contributed by atoms with Crippen molar-refractivity contribution in [3.05, 3.63) is 0 Å². The number of carbonyl (C=O) groups excluding carboxylic acids is 1. The van der Waals surface area contributed by atoms with Gasteiger partial charge in [0.05, 0.1) is 5.92 Å². The second kappa shape index (κ2) is 7.11. The average molecular weight is 297 g/mol. The Hall–Kier alpha value is -1.30. The lowest BCUT2D eigenvalue weighted by Gasteiger charge is -2.36. The Morgan fingerprint density at radius 2 is 1.86 bits per heavy atom. The van der Waals surface area contributed by atoms with E-state index in [2.05, 4.69) is 29.5 Å². The van der Waals surface area contributed by atoms with E-state index in [4.69, 9.17) is 0 Å². The number of hydrogen-bond acceptors (Lipinski definition) is 3. The van der Waals surface area contributed by atoms with Crippen LogP contribution in [0.2, 0.25) is 0 Å². The topological polar surface area (TPSA) is 81.7 Å². The fourth-order valence-corrected chi connectivity index (χ4v) is 3.42. The first kappa shape index (κ1) is 16.1. The molecule has 0 radical (unpaired) electrons. The number of nitrogens with one attached hydrogen (secondary N) is 2. The third-order valence-corrected chi connectivity index (χ3v) is 4.94. The molecule has 2 amide bonds. The molecule has 1 aliphatic carbocycles. The number of piperidine rings is 1. The van der Waals surface area contributed by atoms with E-state index < -0.39 is 11.9 Å². The standard InChI is InChI=1S/C15H27N3O3/c1-10-9-11(7-8-18(10)2)16-15(21)17-13-6-4-3-5-12(13)14(19)20/h10-13H,3-9H2,1-2H3,(H,19,20)(H2,16,17,21). The van der Waals surface area contributed by atoms with Gasteiger partial charge in [-0.25, -0.2) is 4.79 Å². The summed E-state index contributed by atoms with van der Waals surface area (Å²) in [6.07, 6.45) is 5.22. The first-order valence-corrected chi connectivity index (χ1v) is 7.97. The van der Waals surface area contributed by atoms with E-state index in [1.165, 1.54) is 0 Å². The number of nitrogens with zero attached hydrogens (tertiary/aromatic N) is 1. The molecule has 0 aromatic heterocycles. The molecule has 4 unspecified atom stereocenters. The van der Waals surface area contributed by atoms with Crippen LogP contribution in [0.15, 0.2) is 0 Å². The molecular formula is C15H27N3O3. The molecule has 6 nitrogen and oxygen atoms in total. The lowest BCUT2D eigenvalue weighted by atomic mass is 9.84. The maximum Gasteiger partial charge on any atom is 0.315 e. The third-order valence-electron chi connectivity index (χ3n) is 4.94. The highest BCUT2D eigenvalue weighted by Gasteiger charge is 2.32. The molecule has 3 N–H and O–H groups in total. The van der Waals surface area contributed by atoms with Gasteiger partial charge >= 0.3 is 12.0 Å². The van der Waals surface area contributed by atoms with Crippen LogP contribution in [0.1, 0.15) is 45.4 Å². The molecule has 1 aliphatic heterocycles. The van der Waals surface area contributed by atoms with Crippen LogP contribution in [0.5, 0.6) is 0 Å². The highest BCUT2D eigenvalue weighted by Crippen LogP contribution is 2.24. The van der Waals surface area contributed by atoms with Gasteiger partial charge in [-0.2, -0.15) is 0 Å². The molecule has 0 aromatic rings. The summed E-state index contributed by atoms with van der Waals surface area (Å²) in [5.74, 6) is -1.24. The monoisotopic (exact) mass is 297 g/mol. The number of carbonyl (C=O) groups is 2. The molecule has 1 saturated heterocycles. The van der Waals surface area contributed by atoms with Crippen molar-refractivity contribution in [3.8, 4) is 0 Å². The van der Waals surface area contributed by atoms with Gasteiger partial charge in [0.1, 0.15) is 0 Å². The minimum absolute atomic E-state index is 0.183. The molecule has 6 heteroatoms. The van der Waals surface area contributed by atoms with Crippen molar-refractivity contribution in [3.63, 3.8) is 0 Å². The van der Waals surface area contributed by atoms with Gasteiger partial charge in [-0.3, -0.25) is 4.79 Å². The average Bonchev–Trinajstić information content (AvgIpc) is 2.43. The Labute approximate surface area is 126 Å². The Bertz CT molecular complexity index is 388. The van der Waals surface area contributed by atoms with Crippen LogP contribution in [0.3, 0.4) is 0 Å². The van der Waals surface area contributed by atoms with Crippen LogP contribution in [0.4, 0.5) is 4.79 Å². The minimum Gasteiger partial charge on any atom is -0.481 e. The van der Waals surface area contributed by atoms with Crippen LogP contribution in [-0.2, 0) is 4.79 Å². The van der Waals surface area contributed by atoms with Crippen LogP contribution in [0, 0.1) is 5.92 Å². The third kappa shape index (κ3) is 4.33. The van der Waals surface area contributed by atoms with Gasteiger partial charge in [0, 0.05) is 24.7 Å². The second-order valence-electron chi connectivity index (χ2n) is 6.50. The zero-order valence-electron chi connectivity index (χ0n) is 13.0. The van der Waals surface area contributed by atoms with E-state index >= 15 is 0 Å². The van der Waals surface area contributed by atoms with Crippen molar-refractivity contribution in [2.45, 2.75) is 63.6 Å². The summed E-state index contributed by atoms with van der Waals surface area (Å²) >= 11 is 0. The molecule has 4 atom stereocenters. The molecule has 0 bridgehead atoms. The highest BCUT2D eigenvalue weighted by molar-refractivity contribution is 5.77. The van der Waals surface area contributed by atoms with E-state index in [0.717, 1.165) is 38.6 Å². The highest BCUT2D eigenvalue weighted by atomic mass is 16.4. The second-order valence-corrected chi connectivity index (χ2v) is 6.50. The summed E-state index contributed by atoms with van der Waals surface area (Å²) in [5.41, 5.74) is 0. The first-order chi connectivity index (χ1) is 9.97. The molecule has 120 valence electrons. The number of hydrogen-bond donors (Lipinski definition) is 3. The summed E-state index contributed by atoms with van der Waals surface area (Å²) < 4.78 is 0. The maximum absolute atomic E-state index is 12.1. The van der Waals surface area contributed by atoms with Crippen LogP contribution >= 0.6 is 0 Å². The van der Waals surface area contributed by atoms with E-state index in [0.29, 0.717) is 12.5 Å². The quantitative estimate of drug-likeness (QED) is 0.735. The minimum atomic E-state index is -0.798. The predicted octanol–water partition coefficient (Wildman–Crippen LogP) is 1.41. The fourth-order valence-electron chi connectivity index (χ4n) is 3.42. The van der Waals surface area contributed by atoms with Crippen LogP contribution in [-0.4, -0.2) is 53.7 Å². The Balaban J connectivity index is 1.82. The van der Waals surface area contributed by atoms with Crippen molar-refractivity contribution >= 4 is 12.0 Å². The number of carboxylic acid groups (broad SMARTS) is 1. The molecule has 2 fully saturated rings. The van der Waals surface area contributed by atoms with Crippen molar-refractivity contribution in [1.82, 2.24) is 15.5 Å². The molecule has 0 aromatic carbocycles. The Morgan fingerprint density at radius 3 is 2.52 bits per heavy atom. The zero-order valence-corrected chi connectivity index (χ0v) is 13.0. The number of likely N-dealkylation sites (tertiary alicyclic amines) is 1. The van der Waals surface area contributed by atoms with Crippen molar-refractivity contribution in [2.24, 2.45) is 5.92 Å². The van der Waals surface area contributed by atoms with Gasteiger partial charge in [-0.05, 0) is 39.7 Å². The molecule has 2 aliphatic rings. The molecular weight excluding hydrogens is 270 g/mol. The summed E-state index contributed by atoms with van der Waals surface area (Å²) in [6.45, 7) is 3.14. The van der Waals surface area contributed by atoms with E-state index in [9.17, 15) is 14.7 Å². The van der Waals surface area contributed by atoms with Crippen molar-refractivity contribution in [1.29, 1.82) is 0 Å². The zero-order chi connectivity index (χ0) is 15.4. The lowest BCUT2D eigenvalue weighted by molar-refractivity contribution is -0.143. The van der Waals surface area contributed by atoms with Gasteiger partial charge in [0.15, 0.2) is 0 Å². The largest absolute Gasteiger partial charge is 0.481 e. The number of carboxylic acids is 1. The van der Waals surface area contributed by atoms with Gasteiger partial charge in [-0.1, -0.05) is 12.8 Å². The number of rotatable bonds is 3. The molecule has 21 heavy (non-hydrogen) atoms. The molecule has 2 rings (SSSR count). The number of urea groups is 1. The summed E-state index contributed by atoms with van der Waals surface area (Å²) in [6, 6.07) is 0.198. The molecule has 0 spiro atoms. The van der Waals surface area contributed by atoms with Gasteiger partial charge in [-0.15, -0.1) is 0 Å². The van der Waals surface area contributed by atoms with E-state index in [1.54, 1.807) is 0 Å². The van der Waals surface area contributed by atoms with E-state index in [-0.39, 0.29) is 18.1 Å². The Kier molecular flexibility index (Phi) is 5.45. The smallest absolute Gasteiger partial charge is 0.315 e. The van der Waals surface area contributed by atoms with Gasteiger partial charge < -0.3 is 20.6 Å². The van der Waals surface area contributed by atoms with Crippen molar-refractivity contribution in [2.75, 3.05) is 13.6 Å². The first-order valence-electron chi connectivity index (χ1n) is 7.97. The molecule has 1 heterocycles. The van der Waals surface area contributed by atoms with Gasteiger partial charge in [0.25, 0.3) is 0 Å². The van der Waals surface area contributed by atoms with Crippen molar-refractivity contribution < 1.29 is 14.7 Å². The Morgan fingerprint density at radius 1 is 1.14 bits per heavy atom. The number of amides is 2. The summed E-state index contributed by atoms with van der Waals surface area (Å²) in [5, 5.41) is 15.1. The lowest BCUT2D eigenvalue weighted by Crippen LogP contribution is -2.53. The number of aliphatic carboxylic acids is 1. The summed E-state index contributed by atoms with van der Waals surface area (Å²) in [7, 11) is 2.10. The fraction of sp³-hybridized carbons (Fsp3) is 0.867.